The second kappa shape index (κ2) is 5.30. The molecule has 0 atom stereocenters. The average Bonchev–Trinajstić information content (AvgIpc) is 2.70. The van der Waals surface area contributed by atoms with Crippen LogP contribution in [0.5, 0.6) is 0 Å². The van der Waals surface area contributed by atoms with Crippen molar-refractivity contribution in [3.63, 3.8) is 0 Å². The molecule has 0 unspecified atom stereocenters. The molecular formula is C13H17NOS. The number of hydrogen-bond acceptors (Lipinski definition) is 3. The number of para-hydroxylation sites is 1. The summed E-state index contributed by atoms with van der Waals surface area (Å²) in [6.07, 6.45) is 2.00. The fourth-order valence-electron chi connectivity index (χ4n) is 2.10. The lowest BCUT2D eigenvalue weighted by molar-refractivity contribution is 0.327. The molecule has 1 aliphatic heterocycles. The van der Waals surface area contributed by atoms with Crippen LogP contribution in [0, 0.1) is 0 Å². The maximum Gasteiger partial charge on any atom is 0.161 e. The summed E-state index contributed by atoms with van der Waals surface area (Å²) in [5, 5.41) is 0.729. The van der Waals surface area contributed by atoms with E-state index in [1.54, 1.807) is 0 Å². The molecule has 0 amide bonds. The molecule has 1 aliphatic rings. The highest BCUT2D eigenvalue weighted by atomic mass is 32.1. The predicted molar refractivity (Wildman–Crippen MR) is 71.2 cm³/mol. The summed E-state index contributed by atoms with van der Waals surface area (Å²) in [6, 6.07) is 8.59. The second-order valence-electron chi connectivity index (χ2n) is 3.92. The van der Waals surface area contributed by atoms with Crippen molar-refractivity contribution in [3.8, 4) is 0 Å². The summed E-state index contributed by atoms with van der Waals surface area (Å²) >= 11 is 5.14. The van der Waals surface area contributed by atoms with E-state index in [1.807, 2.05) is 6.92 Å². The van der Waals surface area contributed by atoms with E-state index < -0.39 is 0 Å². The number of thiocarbonyl (C=S) groups is 1. The van der Waals surface area contributed by atoms with Gasteiger partial charge in [-0.1, -0.05) is 18.2 Å². The highest BCUT2D eigenvalue weighted by Crippen LogP contribution is 2.27. The van der Waals surface area contributed by atoms with Crippen LogP contribution in [0.25, 0.3) is 0 Å². The summed E-state index contributed by atoms with van der Waals surface area (Å²) in [7, 11) is 0. The molecule has 1 aromatic rings. The first kappa shape index (κ1) is 11.4. The predicted octanol–water partition coefficient (Wildman–Crippen LogP) is 2.80. The number of hydrogen-bond donors (Lipinski definition) is 0. The smallest absolute Gasteiger partial charge is 0.161 e. The van der Waals surface area contributed by atoms with Crippen LogP contribution in [0.2, 0.25) is 0 Å². The molecule has 0 radical (unpaired) electrons. The summed E-state index contributed by atoms with van der Waals surface area (Å²) in [6.45, 7) is 4.72. The molecule has 0 saturated carbocycles. The van der Waals surface area contributed by atoms with Gasteiger partial charge in [-0.25, -0.2) is 0 Å². The maximum atomic E-state index is 5.29. The SMILES string of the molecule is CCOC(=S)CCN1CCc2ccccc21. The van der Waals surface area contributed by atoms with Crippen LogP contribution in [0.3, 0.4) is 0 Å². The quantitative estimate of drug-likeness (QED) is 0.745. The van der Waals surface area contributed by atoms with Gasteiger partial charge in [-0.05, 0) is 37.2 Å². The molecule has 16 heavy (non-hydrogen) atoms. The first-order chi connectivity index (χ1) is 7.81. The summed E-state index contributed by atoms with van der Waals surface area (Å²) < 4.78 is 5.29. The van der Waals surface area contributed by atoms with Crippen molar-refractivity contribution >= 4 is 23.0 Å². The molecule has 0 saturated heterocycles. The van der Waals surface area contributed by atoms with E-state index in [-0.39, 0.29) is 0 Å². The van der Waals surface area contributed by atoms with Crippen molar-refractivity contribution in [2.75, 3.05) is 24.6 Å². The van der Waals surface area contributed by atoms with Crippen LogP contribution in [0.4, 0.5) is 5.69 Å². The Labute approximate surface area is 102 Å². The van der Waals surface area contributed by atoms with Gasteiger partial charge in [0.15, 0.2) is 5.05 Å². The Kier molecular flexibility index (Phi) is 3.78. The Bertz CT molecular complexity index is 378. The Balaban J connectivity index is 1.91. The summed E-state index contributed by atoms with van der Waals surface area (Å²) in [4.78, 5) is 2.39. The summed E-state index contributed by atoms with van der Waals surface area (Å²) in [5.74, 6) is 0. The molecule has 1 aromatic carbocycles. The maximum absolute atomic E-state index is 5.29. The molecule has 0 bridgehead atoms. The number of rotatable bonds is 4. The normalized spacial score (nSPS) is 13.7. The van der Waals surface area contributed by atoms with Gasteiger partial charge in [0, 0.05) is 25.2 Å². The lowest BCUT2D eigenvalue weighted by Gasteiger charge is -2.19. The largest absolute Gasteiger partial charge is 0.487 e. The van der Waals surface area contributed by atoms with Gasteiger partial charge in [0.1, 0.15) is 0 Å². The Morgan fingerprint density at radius 2 is 2.25 bits per heavy atom. The van der Waals surface area contributed by atoms with E-state index in [0.717, 1.165) is 31.0 Å². The lowest BCUT2D eigenvalue weighted by Crippen LogP contribution is -2.24. The van der Waals surface area contributed by atoms with Crippen molar-refractivity contribution in [1.29, 1.82) is 0 Å². The molecule has 0 fully saturated rings. The highest BCUT2D eigenvalue weighted by molar-refractivity contribution is 7.80. The average molecular weight is 235 g/mol. The van der Waals surface area contributed by atoms with Crippen molar-refractivity contribution in [2.24, 2.45) is 0 Å². The number of anilines is 1. The highest BCUT2D eigenvalue weighted by Gasteiger charge is 2.17. The topological polar surface area (TPSA) is 12.5 Å². The minimum atomic E-state index is 0.676. The van der Waals surface area contributed by atoms with Crippen molar-refractivity contribution in [2.45, 2.75) is 19.8 Å². The van der Waals surface area contributed by atoms with Crippen LogP contribution in [0.1, 0.15) is 18.9 Å². The Hall–Kier alpha value is -1.09. The van der Waals surface area contributed by atoms with Gasteiger partial charge in [-0.3, -0.25) is 0 Å². The van der Waals surface area contributed by atoms with Gasteiger partial charge < -0.3 is 9.64 Å². The Morgan fingerprint density at radius 3 is 3.06 bits per heavy atom. The van der Waals surface area contributed by atoms with Gasteiger partial charge in [-0.2, -0.15) is 0 Å². The minimum absolute atomic E-state index is 0.676. The fourth-order valence-corrected chi connectivity index (χ4v) is 2.31. The van der Waals surface area contributed by atoms with Crippen LogP contribution < -0.4 is 4.90 Å². The van der Waals surface area contributed by atoms with E-state index in [4.69, 9.17) is 17.0 Å². The van der Waals surface area contributed by atoms with E-state index in [0.29, 0.717) is 6.61 Å². The van der Waals surface area contributed by atoms with Gasteiger partial charge >= 0.3 is 0 Å². The molecule has 0 spiro atoms. The second-order valence-corrected chi connectivity index (χ2v) is 4.38. The molecular weight excluding hydrogens is 218 g/mol. The molecule has 2 nitrogen and oxygen atoms in total. The van der Waals surface area contributed by atoms with Gasteiger partial charge in [-0.15, -0.1) is 0 Å². The van der Waals surface area contributed by atoms with E-state index in [2.05, 4.69) is 29.2 Å². The van der Waals surface area contributed by atoms with Crippen LogP contribution >= 0.6 is 12.2 Å². The zero-order chi connectivity index (χ0) is 11.4. The molecule has 86 valence electrons. The number of benzene rings is 1. The molecule has 2 rings (SSSR count). The van der Waals surface area contributed by atoms with Gasteiger partial charge in [0.2, 0.25) is 0 Å². The van der Waals surface area contributed by atoms with Crippen molar-refractivity contribution in [3.05, 3.63) is 29.8 Å². The van der Waals surface area contributed by atoms with Crippen molar-refractivity contribution in [1.82, 2.24) is 0 Å². The zero-order valence-corrected chi connectivity index (χ0v) is 10.4. The first-order valence-electron chi connectivity index (χ1n) is 5.79. The van der Waals surface area contributed by atoms with E-state index in [1.165, 1.54) is 11.3 Å². The Morgan fingerprint density at radius 1 is 1.44 bits per heavy atom. The van der Waals surface area contributed by atoms with Crippen LogP contribution in [-0.4, -0.2) is 24.7 Å². The minimum Gasteiger partial charge on any atom is -0.487 e. The monoisotopic (exact) mass is 235 g/mol. The van der Waals surface area contributed by atoms with E-state index in [9.17, 15) is 0 Å². The van der Waals surface area contributed by atoms with E-state index >= 15 is 0 Å². The summed E-state index contributed by atoms with van der Waals surface area (Å²) in [5.41, 5.74) is 2.81. The molecule has 3 heteroatoms. The molecule has 1 heterocycles. The number of ether oxygens (including phenoxy) is 1. The number of fused-ring (bicyclic) bond motifs is 1. The van der Waals surface area contributed by atoms with Gasteiger partial charge in [0.25, 0.3) is 0 Å². The van der Waals surface area contributed by atoms with Crippen LogP contribution in [-0.2, 0) is 11.2 Å². The number of nitrogens with zero attached hydrogens (tertiary/aromatic N) is 1. The lowest BCUT2D eigenvalue weighted by atomic mass is 10.2. The first-order valence-corrected chi connectivity index (χ1v) is 6.20. The van der Waals surface area contributed by atoms with Crippen LogP contribution in [0.15, 0.2) is 24.3 Å². The third kappa shape index (κ3) is 2.53. The molecule has 0 N–H and O–H groups in total. The third-order valence-corrected chi connectivity index (χ3v) is 3.20. The zero-order valence-electron chi connectivity index (χ0n) is 9.61. The molecule has 0 aliphatic carbocycles. The van der Waals surface area contributed by atoms with Crippen molar-refractivity contribution < 1.29 is 4.74 Å². The van der Waals surface area contributed by atoms with Gasteiger partial charge in [0.05, 0.1) is 6.61 Å². The fraction of sp³-hybridized carbons (Fsp3) is 0.462. The molecule has 0 aromatic heterocycles. The standard InChI is InChI=1S/C13H17NOS/c1-2-15-13(16)8-10-14-9-7-11-5-3-4-6-12(11)14/h3-6H,2,7-10H2,1H3. The third-order valence-electron chi connectivity index (χ3n) is 2.87.